The number of likely N-dealkylation sites (tertiary alicyclic amines) is 1. The van der Waals surface area contributed by atoms with Crippen molar-refractivity contribution in [3.8, 4) is 0 Å². The van der Waals surface area contributed by atoms with Crippen molar-refractivity contribution in [2.24, 2.45) is 21.5 Å². The predicted molar refractivity (Wildman–Crippen MR) is 119 cm³/mol. The molecule has 5 rings (SSSR count). The third-order valence-corrected chi connectivity index (χ3v) is 6.91. The number of imide groups is 1. The van der Waals surface area contributed by atoms with Crippen LogP contribution in [0.25, 0.3) is 0 Å². The minimum Gasteiger partial charge on any atom is -0.370 e. The smallest absolute Gasteiger partial charge is 0.251 e. The molecule has 2 saturated heterocycles. The SMILES string of the molecule is Cc1cccc(C(=O)NC2CN3C(N)=N[C@@H](CN4C(=O)CCC4=O)C4N=C(N)NC43C2(O)O)c1. The number of hydrogen-bond donors (Lipinski definition) is 6. The predicted octanol–water partition coefficient (Wildman–Crippen LogP) is -3.08. The minimum atomic E-state index is -2.60. The van der Waals surface area contributed by atoms with Gasteiger partial charge in [0, 0.05) is 24.9 Å². The molecule has 1 aromatic rings. The largest absolute Gasteiger partial charge is 0.370 e. The third-order valence-electron chi connectivity index (χ3n) is 6.91. The van der Waals surface area contributed by atoms with Crippen LogP contribution in [0.2, 0.25) is 0 Å². The summed E-state index contributed by atoms with van der Waals surface area (Å²) in [6.07, 6.45) is 0.209. The van der Waals surface area contributed by atoms with Gasteiger partial charge in [-0.3, -0.25) is 19.3 Å². The summed E-state index contributed by atoms with van der Waals surface area (Å²) in [4.78, 5) is 48.5. The van der Waals surface area contributed by atoms with Gasteiger partial charge in [0.15, 0.2) is 17.6 Å². The number of nitrogens with two attached hydrogens (primary N) is 2. The molecule has 3 amide bonds. The average molecular weight is 470 g/mol. The molecule has 34 heavy (non-hydrogen) atoms. The number of guanidine groups is 2. The number of aryl methyl sites for hydroxylation is 1. The number of aliphatic hydroxyl groups is 2. The summed E-state index contributed by atoms with van der Waals surface area (Å²) in [6, 6.07) is 3.80. The standard InChI is InChI=1S/C21H26N8O5/c1-10-3-2-4-11(7-10)17(32)25-13-9-29-19(23)24-12(8-28-14(30)5-6-15(28)31)16-20(29,21(13,33)34)27-18(22)26-16/h2-4,7,12-13,16,33-34H,5-6,8-9H2,1H3,(H2,23,24)(H,25,32)(H3,22,26,27)/t12-,13?,16?,20?/m0/s1. The van der Waals surface area contributed by atoms with E-state index in [1.807, 2.05) is 13.0 Å². The molecule has 1 aromatic carbocycles. The number of carbonyl (C=O) groups is 3. The van der Waals surface area contributed by atoms with E-state index < -0.39 is 35.5 Å². The first-order chi connectivity index (χ1) is 16.0. The molecule has 3 unspecified atom stereocenters. The molecule has 1 spiro atoms. The first-order valence-electron chi connectivity index (χ1n) is 10.9. The van der Waals surface area contributed by atoms with Crippen LogP contribution in [0, 0.1) is 6.92 Å². The maximum atomic E-state index is 12.9. The summed E-state index contributed by atoms with van der Waals surface area (Å²) in [5.74, 6) is -3.92. The zero-order valence-corrected chi connectivity index (χ0v) is 18.4. The Bertz CT molecular complexity index is 1130. The summed E-state index contributed by atoms with van der Waals surface area (Å²) in [5, 5.41) is 28.4. The van der Waals surface area contributed by atoms with E-state index in [9.17, 15) is 24.6 Å². The summed E-state index contributed by atoms with van der Waals surface area (Å²) in [5.41, 5.74) is 11.6. The molecule has 4 atom stereocenters. The third kappa shape index (κ3) is 3.04. The zero-order valence-electron chi connectivity index (χ0n) is 18.4. The van der Waals surface area contributed by atoms with Crippen molar-refractivity contribution in [3.63, 3.8) is 0 Å². The molecule has 4 aliphatic rings. The number of nitrogens with one attached hydrogen (secondary N) is 2. The minimum absolute atomic E-state index is 0.0578. The average Bonchev–Trinajstić information content (AvgIpc) is 3.36. The van der Waals surface area contributed by atoms with E-state index in [0.29, 0.717) is 5.56 Å². The fourth-order valence-corrected chi connectivity index (χ4v) is 5.28. The molecule has 8 N–H and O–H groups in total. The summed E-state index contributed by atoms with van der Waals surface area (Å²) in [7, 11) is 0. The van der Waals surface area contributed by atoms with Crippen molar-refractivity contribution in [2.75, 3.05) is 13.1 Å². The van der Waals surface area contributed by atoms with E-state index in [1.54, 1.807) is 18.2 Å². The maximum absolute atomic E-state index is 12.9. The summed E-state index contributed by atoms with van der Waals surface area (Å²) in [6.45, 7) is 1.61. The van der Waals surface area contributed by atoms with Crippen molar-refractivity contribution in [1.29, 1.82) is 0 Å². The van der Waals surface area contributed by atoms with E-state index in [0.717, 1.165) is 10.5 Å². The highest BCUT2D eigenvalue weighted by atomic mass is 16.5. The molecule has 0 aromatic heterocycles. The fraction of sp³-hybridized carbons (Fsp3) is 0.476. The van der Waals surface area contributed by atoms with Crippen molar-refractivity contribution >= 4 is 29.6 Å². The van der Waals surface area contributed by atoms with Crippen LogP contribution < -0.4 is 22.1 Å². The lowest BCUT2D eigenvalue weighted by Crippen LogP contribution is -2.78. The Labute approximate surface area is 194 Å². The Balaban J connectivity index is 1.47. The van der Waals surface area contributed by atoms with Crippen molar-refractivity contribution < 1.29 is 24.6 Å². The first-order valence-corrected chi connectivity index (χ1v) is 10.9. The number of carbonyl (C=O) groups excluding carboxylic acids is 3. The molecular weight excluding hydrogens is 444 g/mol. The Morgan fingerprint density at radius 1 is 1.24 bits per heavy atom. The van der Waals surface area contributed by atoms with Gasteiger partial charge in [-0.2, -0.15) is 0 Å². The second-order valence-electron chi connectivity index (χ2n) is 9.04. The zero-order chi connectivity index (χ0) is 24.4. The molecule has 180 valence electrons. The van der Waals surface area contributed by atoms with Gasteiger partial charge in [-0.1, -0.05) is 17.7 Å². The van der Waals surface area contributed by atoms with Gasteiger partial charge in [0.05, 0.1) is 12.6 Å². The van der Waals surface area contributed by atoms with E-state index in [2.05, 4.69) is 20.6 Å². The van der Waals surface area contributed by atoms with Gasteiger partial charge in [0.2, 0.25) is 17.6 Å². The van der Waals surface area contributed by atoms with Gasteiger partial charge < -0.3 is 37.2 Å². The van der Waals surface area contributed by atoms with Crippen LogP contribution in [0.15, 0.2) is 34.3 Å². The van der Waals surface area contributed by atoms with Crippen molar-refractivity contribution in [2.45, 2.75) is 49.3 Å². The molecule has 0 radical (unpaired) electrons. The maximum Gasteiger partial charge on any atom is 0.251 e. The van der Waals surface area contributed by atoms with E-state index in [-0.39, 0.29) is 49.7 Å². The normalized spacial score (nSPS) is 31.6. The van der Waals surface area contributed by atoms with Crippen LogP contribution >= 0.6 is 0 Å². The molecule has 4 heterocycles. The molecule has 0 saturated carbocycles. The Morgan fingerprint density at radius 3 is 2.62 bits per heavy atom. The highest BCUT2D eigenvalue weighted by Crippen LogP contribution is 2.45. The van der Waals surface area contributed by atoms with Gasteiger partial charge in [0.1, 0.15) is 12.1 Å². The van der Waals surface area contributed by atoms with E-state index in [4.69, 9.17) is 11.5 Å². The van der Waals surface area contributed by atoms with Gasteiger partial charge in [-0.05, 0) is 19.1 Å². The highest BCUT2D eigenvalue weighted by Gasteiger charge is 2.73. The van der Waals surface area contributed by atoms with Gasteiger partial charge in [-0.25, -0.2) is 9.98 Å². The summed E-state index contributed by atoms with van der Waals surface area (Å²) < 4.78 is 0. The van der Waals surface area contributed by atoms with Crippen LogP contribution in [0.5, 0.6) is 0 Å². The summed E-state index contributed by atoms with van der Waals surface area (Å²) >= 11 is 0. The second-order valence-corrected chi connectivity index (χ2v) is 9.04. The molecule has 0 bridgehead atoms. The number of benzene rings is 1. The Kier molecular flexibility index (Phi) is 4.81. The highest BCUT2D eigenvalue weighted by molar-refractivity contribution is 6.02. The molecule has 2 fully saturated rings. The van der Waals surface area contributed by atoms with Crippen LogP contribution in [-0.2, 0) is 9.59 Å². The molecule has 4 aliphatic heterocycles. The first kappa shape index (κ1) is 22.1. The lowest BCUT2D eigenvalue weighted by Gasteiger charge is -2.49. The number of nitrogens with zero attached hydrogens (tertiary/aromatic N) is 4. The van der Waals surface area contributed by atoms with Crippen LogP contribution in [0.4, 0.5) is 0 Å². The monoisotopic (exact) mass is 470 g/mol. The Morgan fingerprint density at radius 2 is 1.94 bits per heavy atom. The lowest BCUT2D eigenvalue weighted by molar-refractivity contribution is -0.230. The van der Waals surface area contributed by atoms with Gasteiger partial charge in [0.25, 0.3) is 5.91 Å². The van der Waals surface area contributed by atoms with E-state index >= 15 is 0 Å². The number of amides is 3. The number of aliphatic imine (C=N–C) groups is 2. The molecule has 0 aliphatic carbocycles. The molecule has 13 nitrogen and oxygen atoms in total. The number of rotatable bonds is 4. The van der Waals surface area contributed by atoms with E-state index in [1.165, 1.54) is 4.90 Å². The van der Waals surface area contributed by atoms with Crippen LogP contribution in [0.3, 0.4) is 0 Å². The molecular formula is C21H26N8O5. The van der Waals surface area contributed by atoms with Gasteiger partial charge in [-0.15, -0.1) is 0 Å². The van der Waals surface area contributed by atoms with Crippen LogP contribution in [-0.4, -0.2) is 92.3 Å². The molecule has 13 heteroatoms. The van der Waals surface area contributed by atoms with Crippen molar-refractivity contribution in [3.05, 3.63) is 35.4 Å². The quantitative estimate of drug-likeness (QED) is 0.195. The Hall–Kier alpha value is -3.71. The number of hydrogen-bond acceptors (Lipinski definition) is 11. The fourth-order valence-electron chi connectivity index (χ4n) is 5.28. The topological polar surface area (TPSA) is 199 Å². The van der Waals surface area contributed by atoms with Gasteiger partial charge >= 0.3 is 0 Å². The second kappa shape index (κ2) is 7.40. The lowest BCUT2D eigenvalue weighted by atomic mass is 9.84. The van der Waals surface area contributed by atoms with Crippen molar-refractivity contribution in [1.82, 2.24) is 20.4 Å². The van der Waals surface area contributed by atoms with Crippen LogP contribution in [0.1, 0.15) is 28.8 Å².